The number of fused-ring (bicyclic) bond motifs is 5. The molecule has 0 amide bonds. The largest absolute Gasteiger partial charge is 0.489 e. The Morgan fingerprint density at radius 3 is 3.11 bits per heavy atom. The van der Waals surface area contributed by atoms with Crippen molar-refractivity contribution in [1.82, 2.24) is 5.32 Å². The minimum absolute atomic E-state index is 0.247. The second-order valence-electron chi connectivity index (χ2n) is 5.35. The van der Waals surface area contributed by atoms with Crippen molar-refractivity contribution >= 4 is 5.71 Å². The van der Waals surface area contributed by atoms with Crippen molar-refractivity contribution in [3.05, 3.63) is 29.8 Å². The summed E-state index contributed by atoms with van der Waals surface area (Å²) in [5, 5.41) is 3.23. The van der Waals surface area contributed by atoms with Crippen molar-refractivity contribution in [2.45, 2.75) is 31.2 Å². The van der Waals surface area contributed by atoms with E-state index in [1.54, 1.807) is 0 Å². The van der Waals surface area contributed by atoms with Crippen LogP contribution >= 0.6 is 0 Å². The Bertz CT molecular complexity index is 514. The monoisotopic (exact) mass is 243 g/mol. The van der Waals surface area contributed by atoms with Crippen LogP contribution in [0.2, 0.25) is 0 Å². The fourth-order valence-electron chi connectivity index (χ4n) is 3.48. The van der Waals surface area contributed by atoms with Crippen LogP contribution in [-0.4, -0.2) is 24.7 Å². The number of rotatable bonds is 0. The SMILES string of the molecule is NC1N=C2C(CCC3Oc4ccccc4C23)CN1. The Hall–Kier alpha value is -1.39. The van der Waals surface area contributed by atoms with Gasteiger partial charge in [0.25, 0.3) is 0 Å². The van der Waals surface area contributed by atoms with Crippen LogP contribution in [0.15, 0.2) is 29.3 Å². The third-order valence-electron chi connectivity index (χ3n) is 4.30. The molecule has 18 heavy (non-hydrogen) atoms. The molecular formula is C14H17N3O. The number of nitrogens with zero attached hydrogens (tertiary/aromatic N) is 1. The lowest BCUT2D eigenvalue weighted by atomic mass is 9.75. The minimum Gasteiger partial charge on any atom is -0.489 e. The molecule has 4 rings (SSSR count). The molecule has 4 unspecified atom stereocenters. The molecule has 4 heteroatoms. The zero-order chi connectivity index (χ0) is 12.1. The highest BCUT2D eigenvalue weighted by atomic mass is 16.5. The highest BCUT2D eigenvalue weighted by molar-refractivity contribution is 5.96. The van der Waals surface area contributed by atoms with E-state index in [0.29, 0.717) is 11.8 Å². The summed E-state index contributed by atoms with van der Waals surface area (Å²) in [6.45, 7) is 0.950. The first-order valence-electron chi connectivity index (χ1n) is 6.65. The predicted octanol–water partition coefficient (Wildman–Crippen LogP) is 1.23. The number of aliphatic imine (C=N–C) groups is 1. The van der Waals surface area contributed by atoms with Gasteiger partial charge in [-0.05, 0) is 18.9 Å². The summed E-state index contributed by atoms with van der Waals surface area (Å²) < 4.78 is 6.05. The topological polar surface area (TPSA) is 59.6 Å². The number of nitrogens with two attached hydrogens (primary N) is 1. The zero-order valence-corrected chi connectivity index (χ0v) is 10.2. The van der Waals surface area contributed by atoms with Gasteiger partial charge < -0.3 is 4.74 Å². The Balaban J connectivity index is 1.80. The van der Waals surface area contributed by atoms with Crippen molar-refractivity contribution in [3.8, 4) is 5.75 Å². The molecule has 1 aliphatic carbocycles. The average molecular weight is 243 g/mol. The van der Waals surface area contributed by atoms with Gasteiger partial charge in [-0.2, -0.15) is 0 Å². The summed E-state index contributed by atoms with van der Waals surface area (Å²) in [6.07, 6.45) is 2.28. The number of ether oxygens (including phenoxy) is 1. The molecule has 1 aromatic carbocycles. The molecule has 0 radical (unpaired) electrons. The highest BCUT2D eigenvalue weighted by Crippen LogP contribution is 2.46. The van der Waals surface area contributed by atoms with E-state index in [0.717, 1.165) is 25.1 Å². The maximum atomic E-state index is 6.05. The summed E-state index contributed by atoms with van der Waals surface area (Å²) in [5.41, 5.74) is 8.45. The maximum Gasteiger partial charge on any atom is 0.150 e. The molecule has 3 N–H and O–H groups in total. The molecule has 4 nitrogen and oxygen atoms in total. The molecule has 2 heterocycles. The van der Waals surface area contributed by atoms with Crippen LogP contribution < -0.4 is 15.8 Å². The Morgan fingerprint density at radius 2 is 2.17 bits per heavy atom. The molecule has 1 fully saturated rings. The Labute approximate surface area is 106 Å². The standard InChI is InChI=1S/C14H17N3O/c15-14-16-7-8-5-6-11-12(13(8)17-14)9-3-1-2-4-10(9)18-11/h1-4,8,11-12,14,16H,5-7,15H2. The van der Waals surface area contributed by atoms with Crippen molar-refractivity contribution in [3.63, 3.8) is 0 Å². The average Bonchev–Trinajstić information content (AvgIpc) is 2.77. The zero-order valence-electron chi connectivity index (χ0n) is 10.2. The molecule has 1 saturated carbocycles. The number of benzene rings is 1. The molecule has 0 saturated heterocycles. The van der Waals surface area contributed by atoms with E-state index in [-0.39, 0.29) is 12.4 Å². The van der Waals surface area contributed by atoms with Gasteiger partial charge in [0, 0.05) is 23.7 Å². The molecule has 1 aromatic rings. The van der Waals surface area contributed by atoms with Crippen LogP contribution in [0.25, 0.3) is 0 Å². The van der Waals surface area contributed by atoms with Gasteiger partial charge in [0.15, 0.2) is 6.29 Å². The Kier molecular flexibility index (Phi) is 2.22. The Morgan fingerprint density at radius 1 is 1.28 bits per heavy atom. The smallest absolute Gasteiger partial charge is 0.150 e. The lowest BCUT2D eigenvalue weighted by Crippen LogP contribution is -2.50. The highest BCUT2D eigenvalue weighted by Gasteiger charge is 2.44. The number of hydrogen-bond donors (Lipinski definition) is 2. The predicted molar refractivity (Wildman–Crippen MR) is 69.7 cm³/mol. The van der Waals surface area contributed by atoms with E-state index in [1.165, 1.54) is 11.3 Å². The van der Waals surface area contributed by atoms with Crippen LogP contribution in [0, 0.1) is 5.92 Å². The third kappa shape index (κ3) is 1.42. The number of hydrogen-bond acceptors (Lipinski definition) is 4. The van der Waals surface area contributed by atoms with Gasteiger partial charge in [-0.3, -0.25) is 16.0 Å². The fourth-order valence-corrected chi connectivity index (χ4v) is 3.48. The summed E-state index contributed by atoms with van der Waals surface area (Å²) >= 11 is 0. The van der Waals surface area contributed by atoms with E-state index >= 15 is 0 Å². The van der Waals surface area contributed by atoms with Gasteiger partial charge in [-0.15, -0.1) is 0 Å². The van der Waals surface area contributed by atoms with E-state index < -0.39 is 0 Å². The van der Waals surface area contributed by atoms with Crippen LogP contribution in [-0.2, 0) is 0 Å². The number of nitrogens with one attached hydrogen (secondary N) is 1. The van der Waals surface area contributed by atoms with Crippen LogP contribution in [0.5, 0.6) is 5.75 Å². The first-order valence-corrected chi connectivity index (χ1v) is 6.65. The molecule has 3 aliphatic rings. The van der Waals surface area contributed by atoms with Crippen molar-refractivity contribution in [2.24, 2.45) is 16.6 Å². The lowest BCUT2D eigenvalue weighted by molar-refractivity contribution is 0.186. The molecule has 0 spiro atoms. The van der Waals surface area contributed by atoms with Crippen molar-refractivity contribution in [2.75, 3.05) is 6.54 Å². The maximum absolute atomic E-state index is 6.05. The van der Waals surface area contributed by atoms with Crippen molar-refractivity contribution < 1.29 is 4.74 Å². The number of para-hydroxylation sites is 1. The van der Waals surface area contributed by atoms with Gasteiger partial charge in [0.1, 0.15) is 11.9 Å². The van der Waals surface area contributed by atoms with E-state index in [4.69, 9.17) is 10.5 Å². The minimum atomic E-state index is -0.247. The second kappa shape index (κ2) is 3.80. The lowest BCUT2D eigenvalue weighted by Gasteiger charge is -2.36. The molecule has 4 atom stereocenters. The normalized spacial score (nSPS) is 37.1. The van der Waals surface area contributed by atoms with Gasteiger partial charge in [-0.25, -0.2) is 0 Å². The van der Waals surface area contributed by atoms with Crippen molar-refractivity contribution in [1.29, 1.82) is 0 Å². The second-order valence-corrected chi connectivity index (χ2v) is 5.35. The first-order chi connectivity index (χ1) is 8.83. The molecule has 0 bridgehead atoms. The first kappa shape index (κ1) is 10.5. The van der Waals surface area contributed by atoms with Gasteiger partial charge >= 0.3 is 0 Å². The van der Waals surface area contributed by atoms with Crippen LogP contribution in [0.3, 0.4) is 0 Å². The fraction of sp³-hybridized carbons (Fsp3) is 0.500. The van der Waals surface area contributed by atoms with Crippen LogP contribution in [0.4, 0.5) is 0 Å². The summed E-state index contributed by atoms with van der Waals surface area (Å²) in [6, 6.07) is 8.34. The van der Waals surface area contributed by atoms with E-state index in [9.17, 15) is 0 Å². The van der Waals surface area contributed by atoms with Crippen LogP contribution in [0.1, 0.15) is 24.3 Å². The summed E-state index contributed by atoms with van der Waals surface area (Å²) in [4.78, 5) is 4.65. The van der Waals surface area contributed by atoms with Gasteiger partial charge in [0.2, 0.25) is 0 Å². The molecular weight excluding hydrogens is 226 g/mol. The summed E-state index contributed by atoms with van der Waals surface area (Å²) in [7, 11) is 0. The van der Waals surface area contributed by atoms with Gasteiger partial charge in [-0.1, -0.05) is 18.2 Å². The van der Waals surface area contributed by atoms with Gasteiger partial charge in [0.05, 0.1) is 5.92 Å². The quantitative estimate of drug-likeness (QED) is 0.720. The third-order valence-corrected chi connectivity index (χ3v) is 4.30. The van der Waals surface area contributed by atoms with E-state index in [2.05, 4.69) is 28.5 Å². The van der Waals surface area contributed by atoms with E-state index in [1.807, 2.05) is 6.07 Å². The molecule has 94 valence electrons. The summed E-state index contributed by atoms with van der Waals surface area (Å²) in [5.74, 6) is 1.89. The molecule has 0 aromatic heterocycles. The molecule has 2 aliphatic heterocycles.